The molecule has 1 N–H and O–H groups in total. The average Bonchev–Trinajstić information content (AvgIpc) is 2.53. The summed E-state index contributed by atoms with van der Waals surface area (Å²) in [6.45, 7) is 2.53. The number of aliphatic carboxylic acids is 1. The van der Waals surface area contributed by atoms with Crippen molar-refractivity contribution >= 4 is 5.97 Å². The third-order valence-corrected chi connectivity index (χ3v) is 2.32. The van der Waals surface area contributed by atoms with Crippen LogP contribution in [0.1, 0.15) is 11.5 Å². The third kappa shape index (κ3) is 0.913. The van der Waals surface area contributed by atoms with Crippen LogP contribution in [0.15, 0.2) is 6.20 Å². The molecule has 1 aromatic rings. The summed E-state index contributed by atoms with van der Waals surface area (Å²) in [5, 5.41) is 8.75. The number of fused-ring (bicyclic) bond motifs is 1. The van der Waals surface area contributed by atoms with Crippen LogP contribution < -0.4 is 0 Å². The molecule has 12 heavy (non-hydrogen) atoms. The number of rotatable bonds is 1. The van der Waals surface area contributed by atoms with Crippen molar-refractivity contribution in [1.82, 2.24) is 9.55 Å². The maximum absolute atomic E-state index is 10.6. The van der Waals surface area contributed by atoms with Crippen molar-refractivity contribution in [2.24, 2.45) is 5.92 Å². The lowest BCUT2D eigenvalue weighted by Crippen LogP contribution is -2.15. The number of nitrogens with zero attached hydrogens (tertiary/aromatic N) is 2. The van der Waals surface area contributed by atoms with E-state index in [1.54, 1.807) is 6.20 Å². The van der Waals surface area contributed by atoms with E-state index in [-0.39, 0.29) is 5.92 Å². The number of aromatic nitrogens is 2. The second kappa shape index (κ2) is 2.33. The SMILES string of the molecule is Cc1cnc2n1C[C@@H](C(=O)O)C2. The first kappa shape index (κ1) is 7.34. The number of carboxylic acid groups (broad SMARTS) is 1. The molecule has 1 aromatic heterocycles. The fourth-order valence-electron chi connectivity index (χ4n) is 1.59. The van der Waals surface area contributed by atoms with Crippen molar-refractivity contribution in [2.45, 2.75) is 19.9 Å². The molecule has 1 aliphatic rings. The molecule has 0 fully saturated rings. The summed E-state index contributed by atoms with van der Waals surface area (Å²) in [7, 11) is 0. The predicted octanol–water partition coefficient (Wildman–Crippen LogP) is 0.448. The van der Waals surface area contributed by atoms with Crippen LogP contribution >= 0.6 is 0 Å². The smallest absolute Gasteiger partial charge is 0.308 e. The van der Waals surface area contributed by atoms with Crippen LogP contribution in [-0.2, 0) is 17.8 Å². The van der Waals surface area contributed by atoms with Gasteiger partial charge in [0.25, 0.3) is 0 Å². The lowest BCUT2D eigenvalue weighted by molar-refractivity contribution is -0.141. The second-order valence-corrected chi connectivity index (χ2v) is 3.17. The molecule has 4 nitrogen and oxygen atoms in total. The topological polar surface area (TPSA) is 55.1 Å². The van der Waals surface area contributed by atoms with Crippen LogP contribution in [-0.4, -0.2) is 20.6 Å². The first-order chi connectivity index (χ1) is 5.68. The summed E-state index contributed by atoms with van der Waals surface area (Å²) in [6, 6.07) is 0. The summed E-state index contributed by atoms with van der Waals surface area (Å²) < 4.78 is 1.97. The van der Waals surface area contributed by atoms with Gasteiger partial charge in [-0.15, -0.1) is 0 Å². The largest absolute Gasteiger partial charge is 0.481 e. The van der Waals surface area contributed by atoms with Gasteiger partial charge in [-0.2, -0.15) is 0 Å². The highest BCUT2D eigenvalue weighted by atomic mass is 16.4. The Morgan fingerprint density at radius 2 is 2.58 bits per heavy atom. The van der Waals surface area contributed by atoms with E-state index in [9.17, 15) is 4.79 Å². The van der Waals surface area contributed by atoms with Gasteiger partial charge in [-0.3, -0.25) is 4.79 Å². The number of imidazole rings is 1. The Bertz CT molecular complexity index is 330. The summed E-state index contributed by atoms with van der Waals surface area (Å²) in [5.74, 6) is -0.0906. The standard InChI is InChI=1S/C8H10N2O2/c1-5-3-9-7-2-6(8(11)12)4-10(5)7/h3,6H,2,4H2,1H3,(H,11,12)/t6-/m0/s1. The van der Waals surface area contributed by atoms with Gasteiger partial charge in [0.15, 0.2) is 0 Å². The van der Waals surface area contributed by atoms with Crippen molar-refractivity contribution in [2.75, 3.05) is 0 Å². The minimum Gasteiger partial charge on any atom is -0.481 e. The normalized spacial score (nSPS) is 20.9. The zero-order valence-electron chi connectivity index (χ0n) is 6.82. The molecule has 0 radical (unpaired) electrons. The van der Waals surface area contributed by atoms with Crippen LogP contribution in [0, 0.1) is 12.8 Å². The van der Waals surface area contributed by atoms with Gasteiger partial charge in [0.1, 0.15) is 5.82 Å². The number of carbonyl (C=O) groups is 1. The molecule has 64 valence electrons. The highest BCUT2D eigenvalue weighted by molar-refractivity contribution is 5.70. The van der Waals surface area contributed by atoms with Gasteiger partial charge < -0.3 is 9.67 Å². The van der Waals surface area contributed by atoms with Crippen molar-refractivity contribution in [3.8, 4) is 0 Å². The van der Waals surface area contributed by atoms with Crippen LogP contribution in [0.2, 0.25) is 0 Å². The molecule has 2 rings (SSSR count). The van der Waals surface area contributed by atoms with Gasteiger partial charge in [-0.1, -0.05) is 0 Å². The molecular weight excluding hydrogens is 156 g/mol. The average molecular weight is 166 g/mol. The number of carboxylic acids is 1. The molecule has 0 aliphatic carbocycles. The van der Waals surface area contributed by atoms with Gasteiger partial charge in [0, 0.05) is 24.9 Å². The van der Waals surface area contributed by atoms with E-state index in [2.05, 4.69) is 4.98 Å². The monoisotopic (exact) mass is 166 g/mol. The predicted molar refractivity (Wildman–Crippen MR) is 41.8 cm³/mol. The second-order valence-electron chi connectivity index (χ2n) is 3.17. The highest BCUT2D eigenvalue weighted by Gasteiger charge is 2.28. The molecular formula is C8H10N2O2. The Morgan fingerprint density at radius 3 is 3.17 bits per heavy atom. The molecule has 2 heterocycles. The summed E-state index contributed by atoms with van der Waals surface area (Å²) in [4.78, 5) is 14.8. The molecule has 4 heteroatoms. The van der Waals surface area contributed by atoms with Gasteiger partial charge in [0.05, 0.1) is 5.92 Å². The number of hydrogen-bond acceptors (Lipinski definition) is 2. The summed E-state index contributed by atoms with van der Waals surface area (Å²) in [5.41, 5.74) is 1.05. The first-order valence-corrected chi connectivity index (χ1v) is 3.92. The Hall–Kier alpha value is -1.32. The van der Waals surface area contributed by atoms with Gasteiger partial charge in [-0.25, -0.2) is 4.98 Å². The lowest BCUT2D eigenvalue weighted by Gasteiger charge is -2.01. The van der Waals surface area contributed by atoms with Crippen molar-refractivity contribution in [3.63, 3.8) is 0 Å². The van der Waals surface area contributed by atoms with Crippen molar-refractivity contribution in [1.29, 1.82) is 0 Å². The highest BCUT2D eigenvalue weighted by Crippen LogP contribution is 2.20. The van der Waals surface area contributed by atoms with Crippen LogP contribution in [0.5, 0.6) is 0 Å². The van der Waals surface area contributed by atoms with Crippen molar-refractivity contribution in [3.05, 3.63) is 17.7 Å². The lowest BCUT2D eigenvalue weighted by atomic mass is 10.1. The van der Waals surface area contributed by atoms with Crippen LogP contribution in [0.4, 0.5) is 0 Å². The van der Waals surface area contributed by atoms with E-state index in [1.165, 1.54) is 0 Å². The van der Waals surface area contributed by atoms with E-state index in [0.29, 0.717) is 13.0 Å². The third-order valence-electron chi connectivity index (χ3n) is 2.32. The maximum atomic E-state index is 10.6. The molecule has 0 saturated carbocycles. The summed E-state index contributed by atoms with van der Waals surface area (Å²) in [6.07, 6.45) is 2.36. The fourth-order valence-corrected chi connectivity index (χ4v) is 1.59. The zero-order chi connectivity index (χ0) is 8.72. The molecule has 1 atom stereocenters. The van der Waals surface area contributed by atoms with E-state index in [1.807, 2.05) is 11.5 Å². The maximum Gasteiger partial charge on any atom is 0.308 e. The molecule has 1 aliphatic heterocycles. The molecule has 0 spiro atoms. The minimum atomic E-state index is -0.722. The Morgan fingerprint density at radius 1 is 1.83 bits per heavy atom. The van der Waals surface area contributed by atoms with Crippen LogP contribution in [0.25, 0.3) is 0 Å². The fraction of sp³-hybridized carbons (Fsp3) is 0.500. The number of hydrogen-bond donors (Lipinski definition) is 1. The van der Waals surface area contributed by atoms with Gasteiger partial charge in [0.2, 0.25) is 0 Å². The van der Waals surface area contributed by atoms with Crippen molar-refractivity contribution < 1.29 is 9.90 Å². The zero-order valence-corrected chi connectivity index (χ0v) is 6.82. The quantitative estimate of drug-likeness (QED) is 0.659. The molecule has 0 bridgehead atoms. The Labute approximate surface area is 69.8 Å². The number of aryl methyl sites for hydroxylation is 1. The van der Waals surface area contributed by atoms with E-state index < -0.39 is 5.97 Å². The Kier molecular flexibility index (Phi) is 1.43. The molecule has 0 unspecified atom stereocenters. The van der Waals surface area contributed by atoms with Gasteiger partial charge in [-0.05, 0) is 6.92 Å². The van der Waals surface area contributed by atoms with Gasteiger partial charge >= 0.3 is 5.97 Å². The van der Waals surface area contributed by atoms with E-state index >= 15 is 0 Å². The van der Waals surface area contributed by atoms with E-state index in [0.717, 1.165) is 11.5 Å². The minimum absolute atomic E-state index is 0.271. The van der Waals surface area contributed by atoms with E-state index in [4.69, 9.17) is 5.11 Å². The van der Waals surface area contributed by atoms with Crippen LogP contribution in [0.3, 0.4) is 0 Å². The molecule has 0 amide bonds. The molecule has 0 saturated heterocycles. The summed E-state index contributed by atoms with van der Waals surface area (Å²) >= 11 is 0. The Balaban J connectivity index is 2.28. The molecule has 0 aromatic carbocycles. The first-order valence-electron chi connectivity index (χ1n) is 3.92.